The summed E-state index contributed by atoms with van der Waals surface area (Å²) in [4.78, 5) is 20.2. The third-order valence-corrected chi connectivity index (χ3v) is 10.9. The number of nitrogens with zero attached hydrogens (tertiary/aromatic N) is 4. The van der Waals surface area contributed by atoms with Crippen molar-refractivity contribution in [1.29, 1.82) is 0 Å². The molecule has 10 rings (SSSR count). The van der Waals surface area contributed by atoms with Gasteiger partial charge in [0.2, 0.25) is 0 Å². The smallest absolute Gasteiger partial charge is 0.164 e. The lowest BCUT2D eigenvalue weighted by molar-refractivity contribution is 1.07. The summed E-state index contributed by atoms with van der Waals surface area (Å²) < 4.78 is 2.46. The first-order chi connectivity index (χ1) is 26.3. The minimum Gasteiger partial charge on any atom is -0.248 e. The second-order valence-corrected chi connectivity index (χ2v) is 14.1. The van der Waals surface area contributed by atoms with Crippen molar-refractivity contribution >= 4 is 42.4 Å². The maximum atomic E-state index is 5.27. The van der Waals surface area contributed by atoms with E-state index in [0.717, 1.165) is 50.0 Å². The second-order valence-electron chi connectivity index (χ2n) is 13.0. The van der Waals surface area contributed by atoms with Crippen molar-refractivity contribution < 1.29 is 0 Å². The van der Waals surface area contributed by atoms with E-state index in [2.05, 4.69) is 121 Å². The lowest BCUT2D eigenvalue weighted by atomic mass is 9.93. The van der Waals surface area contributed by atoms with Gasteiger partial charge in [-0.2, -0.15) is 0 Å². The Labute approximate surface area is 310 Å². The van der Waals surface area contributed by atoms with E-state index in [0.29, 0.717) is 17.5 Å². The number of hydrogen-bond donors (Lipinski definition) is 0. The lowest BCUT2D eigenvalue weighted by Crippen LogP contribution is -2.00. The molecule has 0 spiro atoms. The van der Waals surface area contributed by atoms with Gasteiger partial charge in [-0.1, -0.05) is 152 Å². The van der Waals surface area contributed by atoms with Crippen molar-refractivity contribution in [1.82, 2.24) is 19.9 Å². The minimum absolute atomic E-state index is 0.636. The quantitative estimate of drug-likeness (QED) is 0.174. The molecule has 0 aliphatic rings. The standard InChI is InChI=1S/C48H30N4S/c1-4-15-31(16-5-1)39-30-41(49-40-26-11-10-23-37(39)40)38-25-14-28-43-45(38)44-36(24-13-27-42(44)53-43)34-21-12-22-35(29-34)48-51-46(32-17-6-2-7-18-32)50-47(52-48)33-19-8-3-9-20-33/h1-30H. The summed E-state index contributed by atoms with van der Waals surface area (Å²) in [7, 11) is 0. The number of thiophene rings is 1. The Morgan fingerprint density at radius 3 is 1.47 bits per heavy atom. The van der Waals surface area contributed by atoms with E-state index in [1.54, 1.807) is 0 Å². The third kappa shape index (κ3) is 5.64. The van der Waals surface area contributed by atoms with Gasteiger partial charge in [-0.3, -0.25) is 0 Å². The van der Waals surface area contributed by atoms with Crippen LogP contribution in [-0.2, 0) is 0 Å². The van der Waals surface area contributed by atoms with E-state index in [1.165, 1.54) is 31.3 Å². The van der Waals surface area contributed by atoms with Crippen LogP contribution >= 0.6 is 11.3 Å². The van der Waals surface area contributed by atoms with Gasteiger partial charge in [-0.25, -0.2) is 19.9 Å². The summed E-state index contributed by atoms with van der Waals surface area (Å²) in [5.74, 6) is 1.93. The SMILES string of the molecule is c1ccc(-c2nc(-c3ccccc3)nc(-c3cccc(-c4cccc5sc6cccc(-c7cc(-c8ccccc8)c8ccccc8n7)c6c45)c3)n2)cc1. The maximum Gasteiger partial charge on any atom is 0.164 e. The van der Waals surface area contributed by atoms with E-state index in [4.69, 9.17) is 19.9 Å². The van der Waals surface area contributed by atoms with Crippen LogP contribution in [0.15, 0.2) is 182 Å². The molecular formula is C48H30N4S. The molecule has 0 N–H and O–H groups in total. The molecule has 0 fully saturated rings. The molecule has 0 aliphatic carbocycles. The molecule has 248 valence electrons. The summed E-state index contributed by atoms with van der Waals surface area (Å²) in [6.45, 7) is 0. The first-order valence-corrected chi connectivity index (χ1v) is 18.5. The Kier molecular flexibility index (Phi) is 7.63. The predicted octanol–water partition coefficient (Wildman–Crippen LogP) is 12.8. The summed E-state index contributed by atoms with van der Waals surface area (Å²) in [5.41, 5.74) is 10.5. The van der Waals surface area contributed by atoms with Crippen LogP contribution in [0.2, 0.25) is 0 Å². The molecule has 53 heavy (non-hydrogen) atoms. The molecule has 0 saturated heterocycles. The highest BCUT2D eigenvalue weighted by atomic mass is 32.1. The number of pyridine rings is 1. The van der Waals surface area contributed by atoms with Crippen molar-refractivity contribution in [3.05, 3.63) is 182 Å². The molecule has 0 bridgehead atoms. The average Bonchev–Trinajstić information content (AvgIpc) is 3.63. The number of hydrogen-bond acceptors (Lipinski definition) is 5. The molecular weight excluding hydrogens is 665 g/mol. The van der Waals surface area contributed by atoms with Crippen LogP contribution in [0.1, 0.15) is 0 Å². The third-order valence-electron chi connectivity index (χ3n) is 9.73. The van der Waals surface area contributed by atoms with E-state index >= 15 is 0 Å². The Bertz CT molecular complexity index is 2880. The van der Waals surface area contributed by atoms with Gasteiger partial charge in [0, 0.05) is 47.8 Å². The van der Waals surface area contributed by atoms with Gasteiger partial charge in [0.15, 0.2) is 17.5 Å². The van der Waals surface area contributed by atoms with Gasteiger partial charge >= 0.3 is 0 Å². The highest BCUT2D eigenvalue weighted by molar-refractivity contribution is 7.26. The molecule has 5 heteroatoms. The fourth-order valence-electron chi connectivity index (χ4n) is 7.25. The number of fused-ring (bicyclic) bond motifs is 4. The topological polar surface area (TPSA) is 51.6 Å². The average molecular weight is 695 g/mol. The zero-order chi connectivity index (χ0) is 35.1. The molecule has 0 saturated carbocycles. The zero-order valence-corrected chi connectivity index (χ0v) is 29.3. The van der Waals surface area contributed by atoms with Crippen molar-refractivity contribution in [3.63, 3.8) is 0 Å². The second kappa shape index (κ2) is 13.1. The van der Waals surface area contributed by atoms with Crippen LogP contribution in [0.4, 0.5) is 0 Å². The highest BCUT2D eigenvalue weighted by Crippen LogP contribution is 2.45. The van der Waals surface area contributed by atoms with Crippen LogP contribution in [0.5, 0.6) is 0 Å². The molecule has 10 aromatic rings. The highest BCUT2D eigenvalue weighted by Gasteiger charge is 2.19. The number of aromatic nitrogens is 4. The fraction of sp³-hybridized carbons (Fsp3) is 0. The largest absolute Gasteiger partial charge is 0.248 e. The van der Waals surface area contributed by atoms with Crippen LogP contribution in [-0.4, -0.2) is 19.9 Å². The Morgan fingerprint density at radius 1 is 0.321 bits per heavy atom. The molecule has 3 heterocycles. The fourth-order valence-corrected chi connectivity index (χ4v) is 8.41. The Balaban J connectivity index is 1.16. The van der Waals surface area contributed by atoms with Gasteiger partial charge < -0.3 is 0 Å². The van der Waals surface area contributed by atoms with Gasteiger partial charge in [0.05, 0.1) is 11.2 Å². The van der Waals surface area contributed by atoms with Crippen LogP contribution < -0.4 is 0 Å². The van der Waals surface area contributed by atoms with E-state index in [9.17, 15) is 0 Å². The summed E-state index contributed by atoms with van der Waals surface area (Å²) in [5, 5.41) is 3.58. The lowest BCUT2D eigenvalue weighted by Gasteiger charge is -2.13. The van der Waals surface area contributed by atoms with Crippen molar-refractivity contribution in [3.8, 4) is 67.7 Å². The molecule has 0 unspecified atom stereocenters. The normalized spacial score (nSPS) is 11.4. The molecule has 4 nitrogen and oxygen atoms in total. The molecule has 0 aliphatic heterocycles. The summed E-state index contributed by atoms with van der Waals surface area (Å²) in [6, 6.07) is 63.3. The van der Waals surface area contributed by atoms with Gasteiger partial charge in [0.1, 0.15) is 0 Å². The van der Waals surface area contributed by atoms with Crippen molar-refractivity contribution in [2.45, 2.75) is 0 Å². The van der Waals surface area contributed by atoms with Crippen LogP contribution in [0.25, 0.3) is 98.7 Å². The zero-order valence-electron chi connectivity index (χ0n) is 28.5. The molecule has 3 aromatic heterocycles. The Morgan fingerprint density at radius 2 is 0.811 bits per heavy atom. The summed E-state index contributed by atoms with van der Waals surface area (Å²) in [6.07, 6.45) is 0. The first kappa shape index (κ1) is 31.0. The van der Waals surface area contributed by atoms with E-state index < -0.39 is 0 Å². The predicted molar refractivity (Wildman–Crippen MR) is 221 cm³/mol. The maximum absolute atomic E-state index is 5.27. The number of para-hydroxylation sites is 1. The van der Waals surface area contributed by atoms with Crippen LogP contribution in [0, 0.1) is 0 Å². The van der Waals surface area contributed by atoms with Crippen molar-refractivity contribution in [2.75, 3.05) is 0 Å². The molecule has 0 amide bonds. The minimum atomic E-state index is 0.636. The monoisotopic (exact) mass is 694 g/mol. The molecule has 7 aromatic carbocycles. The number of rotatable bonds is 6. The summed E-state index contributed by atoms with van der Waals surface area (Å²) >= 11 is 1.82. The van der Waals surface area contributed by atoms with Gasteiger partial charge in [0.25, 0.3) is 0 Å². The van der Waals surface area contributed by atoms with Crippen LogP contribution in [0.3, 0.4) is 0 Å². The van der Waals surface area contributed by atoms with Gasteiger partial charge in [-0.15, -0.1) is 11.3 Å². The molecule has 0 atom stereocenters. The van der Waals surface area contributed by atoms with E-state index in [1.807, 2.05) is 72.0 Å². The Hall–Kier alpha value is -6.82. The first-order valence-electron chi connectivity index (χ1n) is 17.6. The molecule has 0 radical (unpaired) electrons. The van der Waals surface area contributed by atoms with Gasteiger partial charge in [-0.05, 0) is 52.6 Å². The van der Waals surface area contributed by atoms with Crippen molar-refractivity contribution in [2.24, 2.45) is 0 Å². The number of benzene rings is 7. The van der Waals surface area contributed by atoms with E-state index in [-0.39, 0.29) is 0 Å².